The van der Waals surface area contributed by atoms with Crippen LogP contribution in [0.3, 0.4) is 0 Å². The number of nitrogens with one attached hydrogen (secondary N) is 1. The predicted octanol–water partition coefficient (Wildman–Crippen LogP) is 4.67. The zero-order valence-corrected chi connectivity index (χ0v) is 12.4. The number of aryl methyl sites for hydroxylation is 1. The highest BCUT2D eigenvalue weighted by atomic mass is 79.9. The normalized spacial score (nSPS) is 12.6. The number of halogens is 1. The van der Waals surface area contributed by atoms with Crippen LogP contribution in [0.25, 0.3) is 0 Å². The molecule has 2 rings (SSSR count). The number of hydrogen-bond acceptors (Lipinski definition) is 2. The molecule has 0 radical (unpaired) electrons. The summed E-state index contributed by atoms with van der Waals surface area (Å²) in [6.07, 6.45) is 0. The maximum atomic E-state index is 3.55. The molecule has 0 bridgehead atoms. The number of hydrogen-bond donors (Lipinski definition) is 1. The Kier molecular flexibility index (Phi) is 4.37. The van der Waals surface area contributed by atoms with E-state index < -0.39 is 0 Å². The van der Waals surface area contributed by atoms with E-state index in [1.165, 1.54) is 19.8 Å². The summed E-state index contributed by atoms with van der Waals surface area (Å²) in [5, 5.41) is 3.55. The Hall–Kier alpha value is -0.640. The summed E-state index contributed by atoms with van der Waals surface area (Å²) in [5.41, 5.74) is 1.33. The minimum atomic E-state index is 0.386. The van der Waals surface area contributed by atoms with Crippen LogP contribution in [-0.2, 0) is 6.54 Å². The molecule has 90 valence electrons. The smallest absolute Gasteiger partial charge is 0.0314 e. The standard InChI is InChI=1S/C14H16BrNS/c1-10(12-6-4-3-5-7-12)16-9-13-8-14(15)11(2)17-13/h3-8,10,16H,9H2,1-2H3. The number of rotatable bonds is 4. The molecular formula is C14H16BrNS. The first kappa shape index (κ1) is 12.8. The Morgan fingerprint density at radius 2 is 2.00 bits per heavy atom. The minimum absolute atomic E-state index is 0.386. The van der Waals surface area contributed by atoms with Crippen LogP contribution in [0.4, 0.5) is 0 Å². The molecule has 1 atom stereocenters. The zero-order chi connectivity index (χ0) is 12.3. The SMILES string of the molecule is Cc1sc(CNC(C)c2ccccc2)cc1Br. The zero-order valence-electron chi connectivity index (χ0n) is 10.0. The highest BCUT2D eigenvalue weighted by molar-refractivity contribution is 9.10. The molecule has 3 heteroatoms. The molecular weight excluding hydrogens is 294 g/mol. The van der Waals surface area contributed by atoms with Crippen molar-refractivity contribution in [1.29, 1.82) is 0 Å². The third-order valence-corrected chi connectivity index (χ3v) is 4.93. The summed E-state index contributed by atoms with van der Waals surface area (Å²) in [7, 11) is 0. The average molecular weight is 310 g/mol. The lowest BCUT2D eigenvalue weighted by Gasteiger charge is -2.13. The molecule has 2 aromatic rings. The molecule has 0 fully saturated rings. The fourth-order valence-corrected chi connectivity index (χ4v) is 3.27. The third kappa shape index (κ3) is 3.41. The van der Waals surface area contributed by atoms with Crippen molar-refractivity contribution in [2.45, 2.75) is 26.4 Å². The van der Waals surface area contributed by atoms with Gasteiger partial charge in [0.15, 0.2) is 0 Å². The van der Waals surface area contributed by atoms with E-state index in [4.69, 9.17) is 0 Å². The van der Waals surface area contributed by atoms with E-state index in [1.807, 2.05) is 11.3 Å². The van der Waals surface area contributed by atoms with Crippen LogP contribution < -0.4 is 5.32 Å². The molecule has 0 amide bonds. The topological polar surface area (TPSA) is 12.0 Å². The van der Waals surface area contributed by atoms with Gasteiger partial charge < -0.3 is 5.32 Å². The van der Waals surface area contributed by atoms with Crippen molar-refractivity contribution in [3.8, 4) is 0 Å². The Morgan fingerprint density at radius 3 is 2.59 bits per heavy atom. The monoisotopic (exact) mass is 309 g/mol. The van der Waals surface area contributed by atoms with E-state index in [-0.39, 0.29) is 0 Å². The van der Waals surface area contributed by atoms with Gasteiger partial charge in [0, 0.05) is 26.8 Å². The molecule has 1 aromatic heterocycles. The van der Waals surface area contributed by atoms with Gasteiger partial charge in [-0.15, -0.1) is 11.3 Å². The molecule has 0 aliphatic carbocycles. The highest BCUT2D eigenvalue weighted by Gasteiger charge is 2.06. The van der Waals surface area contributed by atoms with Crippen LogP contribution in [0.15, 0.2) is 40.9 Å². The summed E-state index contributed by atoms with van der Waals surface area (Å²) < 4.78 is 1.21. The predicted molar refractivity (Wildman–Crippen MR) is 78.5 cm³/mol. The van der Waals surface area contributed by atoms with Gasteiger partial charge in [0.05, 0.1) is 0 Å². The van der Waals surface area contributed by atoms with Crippen molar-refractivity contribution in [1.82, 2.24) is 5.32 Å². The van der Waals surface area contributed by atoms with Crippen LogP contribution in [-0.4, -0.2) is 0 Å². The lowest BCUT2D eigenvalue weighted by Crippen LogP contribution is -2.17. The first-order valence-electron chi connectivity index (χ1n) is 5.70. The molecule has 0 saturated carbocycles. The van der Waals surface area contributed by atoms with Crippen molar-refractivity contribution in [3.63, 3.8) is 0 Å². The second-order valence-electron chi connectivity index (χ2n) is 4.13. The summed E-state index contributed by atoms with van der Waals surface area (Å²) in [5.74, 6) is 0. The Labute approximate surface area is 115 Å². The summed E-state index contributed by atoms with van der Waals surface area (Å²) in [6.45, 7) is 5.26. The first-order chi connectivity index (χ1) is 8.16. The molecule has 1 N–H and O–H groups in total. The van der Waals surface area contributed by atoms with Crippen molar-refractivity contribution in [2.24, 2.45) is 0 Å². The van der Waals surface area contributed by atoms with E-state index in [9.17, 15) is 0 Å². The van der Waals surface area contributed by atoms with Crippen LogP contribution in [0.1, 0.15) is 28.3 Å². The molecule has 1 unspecified atom stereocenters. The maximum Gasteiger partial charge on any atom is 0.0314 e. The lowest BCUT2D eigenvalue weighted by molar-refractivity contribution is 0.579. The van der Waals surface area contributed by atoms with Gasteiger partial charge in [-0.1, -0.05) is 30.3 Å². The van der Waals surface area contributed by atoms with E-state index in [1.54, 1.807) is 0 Å². The van der Waals surface area contributed by atoms with E-state index in [2.05, 4.69) is 71.5 Å². The van der Waals surface area contributed by atoms with Crippen molar-refractivity contribution >= 4 is 27.3 Å². The van der Waals surface area contributed by atoms with Crippen LogP contribution >= 0.6 is 27.3 Å². The van der Waals surface area contributed by atoms with Crippen LogP contribution in [0.2, 0.25) is 0 Å². The molecule has 0 saturated heterocycles. The highest BCUT2D eigenvalue weighted by Crippen LogP contribution is 2.26. The number of thiophene rings is 1. The molecule has 0 aliphatic rings. The molecule has 1 heterocycles. The van der Waals surface area contributed by atoms with Gasteiger partial charge in [0.25, 0.3) is 0 Å². The molecule has 0 aliphatic heterocycles. The van der Waals surface area contributed by atoms with Gasteiger partial charge in [-0.3, -0.25) is 0 Å². The van der Waals surface area contributed by atoms with Crippen molar-refractivity contribution in [3.05, 3.63) is 56.2 Å². The summed E-state index contributed by atoms with van der Waals surface area (Å²) in [4.78, 5) is 2.71. The molecule has 1 aromatic carbocycles. The first-order valence-corrected chi connectivity index (χ1v) is 7.31. The van der Waals surface area contributed by atoms with E-state index >= 15 is 0 Å². The van der Waals surface area contributed by atoms with Crippen LogP contribution in [0, 0.1) is 6.92 Å². The Morgan fingerprint density at radius 1 is 1.29 bits per heavy atom. The van der Waals surface area contributed by atoms with E-state index in [0.29, 0.717) is 6.04 Å². The fraction of sp³-hybridized carbons (Fsp3) is 0.286. The maximum absolute atomic E-state index is 3.55. The van der Waals surface area contributed by atoms with Crippen molar-refractivity contribution < 1.29 is 0 Å². The Bertz CT molecular complexity index is 459. The van der Waals surface area contributed by atoms with Gasteiger partial charge in [0.2, 0.25) is 0 Å². The lowest BCUT2D eigenvalue weighted by atomic mass is 10.1. The van der Waals surface area contributed by atoms with Gasteiger partial charge in [-0.25, -0.2) is 0 Å². The molecule has 17 heavy (non-hydrogen) atoms. The second kappa shape index (κ2) is 5.80. The quantitative estimate of drug-likeness (QED) is 0.865. The van der Waals surface area contributed by atoms with Crippen molar-refractivity contribution in [2.75, 3.05) is 0 Å². The van der Waals surface area contributed by atoms with Crippen LogP contribution in [0.5, 0.6) is 0 Å². The largest absolute Gasteiger partial charge is 0.305 e. The summed E-state index contributed by atoms with van der Waals surface area (Å²) >= 11 is 5.39. The van der Waals surface area contributed by atoms with Gasteiger partial charge in [-0.2, -0.15) is 0 Å². The third-order valence-electron chi connectivity index (χ3n) is 2.79. The minimum Gasteiger partial charge on any atom is -0.305 e. The molecule has 0 spiro atoms. The van der Waals surface area contributed by atoms with E-state index in [0.717, 1.165) is 6.54 Å². The molecule has 1 nitrogen and oxygen atoms in total. The number of benzene rings is 1. The summed E-state index contributed by atoms with van der Waals surface area (Å²) in [6, 6.07) is 13.1. The van der Waals surface area contributed by atoms with Gasteiger partial charge in [0.1, 0.15) is 0 Å². The fourth-order valence-electron chi connectivity index (χ4n) is 1.72. The average Bonchev–Trinajstić information content (AvgIpc) is 2.67. The second-order valence-corrected chi connectivity index (χ2v) is 6.33. The Balaban J connectivity index is 1.94. The van der Waals surface area contributed by atoms with Gasteiger partial charge in [-0.05, 0) is 41.4 Å². The van der Waals surface area contributed by atoms with Gasteiger partial charge >= 0.3 is 0 Å².